The zero-order valence-corrected chi connectivity index (χ0v) is 11.4. The van der Waals surface area contributed by atoms with Crippen molar-refractivity contribution in [1.82, 2.24) is 0 Å². The third-order valence-electron chi connectivity index (χ3n) is 2.67. The van der Waals surface area contributed by atoms with Crippen LogP contribution in [0.15, 0.2) is 29.3 Å². The minimum atomic E-state index is -0.410. The van der Waals surface area contributed by atoms with E-state index < -0.39 is 5.91 Å². The maximum Gasteiger partial charge on any atom is 0.248 e. The van der Waals surface area contributed by atoms with Gasteiger partial charge < -0.3 is 11.1 Å². The van der Waals surface area contributed by atoms with E-state index in [1.54, 1.807) is 23.9 Å². The summed E-state index contributed by atoms with van der Waals surface area (Å²) >= 11 is 1.72. The molecule has 0 saturated carbocycles. The van der Waals surface area contributed by atoms with Gasteiger partial charge in [0.15, 0.2) is 5.17 Å². The second-order valence-electron chi connectivity index (χ2n) is 5.14. The number of carbonyl (C=O) groups excluding carboxylic acids is 1. The third kappa shape index (κ3) is 3.26. The lowest BCUT2D eigenvalue weighted by Gasteiger charge is -2.27. The van der Waals surface area contributed by atoms with Gasteiger partial charge in [0.25, 0.3) is 0 Å². The number of amidine groups is 1. The van der Waals surface area contributed by atoms with Gasteiger partial charge in [-0.15, -0.1) is 0 Å². The molecule has 0 spiro atoms. The Hall–Kier alpha value is -1.49. The van der Waals surface area contributed by atoms with Gasteiger partial charge in [-0.3, -0.25) is 9.79 Å². The van der Waals surface area contributed by atoms with Gasteiger partial charge in [0.05, 0.1) is 0 Å². The lowest BCUT2D eigenvalue weighted by molar-refractivity contribution is 0.100. The number of nitrogens with two attached hydrogens (primary N) is 1. The van der Waals surface area contributed by atoms with Gasteiger partial charge in [-0.1, -0.05) is 25.6 Å². The maximum absolute atomic E-state index is 10.9. The fraction of sp³-hybridized carbons (Fsp3) is 0.385. The van der Waals surface area contributed by atoms with Crippen molar-refractivity contribution in [3.05, 3.63) is 29.8 Å². The molecule has 0 bridgehead atoms. The van der Waals surface area contributed by atoms with E-state index in [2.05, 4.69) is 24.2 Å². The maximum atomic E-state index is 10.9. The molecule has 4 nitrogen and oxygen atoms in total. The largest absolute Gasteiger partial charge is 0.366 e. The van der Waals surface area contributed by atoms with Crippen LogP contribution in [-0.4, -0.2) is 23.4 Å². The quantitative estimate of drug-likeness (QED) is 0.860. The van der Waals surface area contributed by atoms with E-state index in [-0.39, 0.29) is 5.41 Å². The van der Waals surface area contributed by atoms with Gasteiger partial charge in [-0.25, -0.2) is 0 Å². The fourth-order valence-corrected chi connectivity index (χ4v) is 2.52. The van der Waals surface area contributed by atoms with Crippen molar-refractivity contribution >= 4 is 28.5 Å². The first-order valence-corrected chi connectivity index (χ1v) is 6.79. The van der Waals surface area contributed by atoms with E-state index in [9.17, 15) is 4.79 Å². The Morgan fingerprint density at radius 2 is 2.06 bits per heavy atom. The van der Waals surface area contributed by atoms with E-state index in [4.69, 9.17) is 5.73 Å². The van der Waals surface area contributed by atoms with Crippen molar-refractivity contribution in [2.24, 2.45) is 16.1 Å². The highest BCUT2D eigenvalue weighted by Crippen LogP contribution is 2.28. The van der Waals surface area contributed by atoms with Crippen molar-refractivity contribution in [3.8, 4) is 0 Å². The summed E-state index contributed by atoms with van der Waals surface area (Å²) in [6, 6.07) is 7.09. The van der Waals surface area contributed by atoms with E-state index in [0.717, 1.165) is 23.2 Å². The molecule has 1 aromatic carbocycles. The number of benzene rings is 1. The van der Waals surface area contributed by atoms with Crippen molar-refractivity contribution in [3.63, 3.8) is 0 Å². The van der Waals surface area contributed by atoms with Gasteiger partial charge in [0.2, 0.25) is 5.91 Å². The van der Waals surface area contributed by atoms with Crippen LogP contribution < -0.4 is 11.1 Å². The molecule has 1 aliphatic rings. The summed E-state index contributed by atoms with van der Waals surface area (Å²) in [7, 11) is 0. The van der Waals surface area contributed by atoms with Gasteiger partial charge in [0, 0.05) is 23.5 Å². The van der Waals surface area contributed by atoms with Crippen LogP contribution >= 0.6 is 11.8 Å². The van der Waals surface area contributed by atoms with E-state index in [1.807, 2.05) is 12.1 Å². The van der Waals surface area contributed by atoms with Crippen molar-refractivity contribution in [2.45, 2.75) is 13.8 Å². The minimum Gasteiger partial charge on any atom is -0.366 e. The summed E-state index contributed by atoms with van der Waals surface area (Å²) in [5.74, 6) is 0.644. The number of nitrogens with one attached hydrogen (secondary N) is 1. The number of aliphatic imine (C=N–C) groups is 1. The van der Waals surface area contributed by atoms with Crippen molar-refractivity contribution < 1.29 is 4.79 Å². The molecule has 2 rings (SSSR count). The molecule has 96 valence electrons. The molecule has 5 heteroatoms. The molecule has 1 heterocycles. The summed E-state index contributed by atoms with van der Waals surface area (Å²) in [6.45, 7) is 5.26. The molecule has 0 aliphatic carbocycles. The zero-order chi connectivity index (χ0) is 13.2. The Bertz CT molecular complexity index is 480. The van der Waals surface area contributed by atoms with E-state index in [1.165, 1.54) is 0 Å². The Morgan fingerprint density at radius 1 is 1.39 bits per heavy atom. The Labute approximate surface area is 111 Å². The number of primary amides is 1. The lowest BCUT2D eigenvalue weighted by atomic mass is 9.97. The lowest BCUT2D eigenvalue weighted by Crippen LogP contribution is -2.27. The second kappa shape index (κ2) is 5.02. The van der Waals surface area contributed by atoms with Crippen LogP contribution in [0.2, 0.25) is 0 Å². The van der Waals surface area contributed by atoms with Gasteiger partial charge in [-0.2, -0.15) is 0 Å². The average Bonchev–Trinajstić information content (AvgIpc) is 2.33. The number of amides is 1. The van der Waals surface area contributed by atoms with Crippen LogP contribution in [0.4, 0.5) is 5.69 Å². The molecule has 0 unspecified atom stereocenters. The molecule has 1 aromatic rings. The Morgan fingerprint density at radius 3 is 2.56 bits per heavy atom. The summed E-state index contributed by atoms with van der Waals surface area (Å²) in [5.41, 5.74) is 6.90. The summed E-state index contributed by atoms with van der Waals surface area (Å²) < 4.78 is 0. The molecular formula is C13H17N3OS. The summed E-state index contributed by atoms with van der Waals surface area (Å²) in [5, 5.41) is 4.18. The predicted octanol–water partition coefficient (Wildman–Crippen LogP) is 2.33. The molecule has 0 saturated heterocycles. The number of rotatable bonds is 2. The number of thioether (sulfide) groups is 1. The Kier molecular flexibility index (Phi) is 3.61. The SMILES string of the molecule is CC1(C)CN=C(Nc2ccc(C(N)=O)cc2)SC1. The Balaban J connectivity index is 2.02. The molecule has 0 fully saturated rings. The molecular weight excluding hydrogens is 246 g/mol. The molecule has 0 atom stereocenters. The highest BCUT2D eigenvalue weighted by atomic mass is 32.2. The van der Waals surface area contributed by atoms with Crippen LogP contribution in [0.25, 0.3) is 0 Å². The van der Waals surface area contributed by atoms with Crippen LogP contribution in [0.1, 0.15) is 24.2 Å². The molecule has 3 N–H and O–H groups in total. The minimum absolute atomic E-state index is 0.270. The predicted molar refractivity (Wildman–Crippen MR) is 77.1 cm³/mol. The second-order valence-corrected chi connectivity index (χ2v) is 6.10. The zero-order valence-electron chi connectivity index (χ0n) is 10.6. The van der Waals surface area contributed by atoms with Gasteiger partial charge in [-0.05, 0) is 29.7 Å². The molecule has 1 amide bonds. The number of anilines is 1. The van der Waals surface area contributed by atoms with E-state index >= 15 is 0 Å². The molecule has 0 radical (unpaired) electrons. The van der Waals surface area contributed by atoms with E-state index in [0.29, 0.717) is 5.56 Å². The number of carbonyl (C=O) groups is 1. The van der Waals surface area contributed by atoms with Crippen molar-refractivity contribution in [1.29, 1.82) is 0 Å². The first-order valence-electron chi connectivity index (χ1n) is 5.80. The third-order valence-corrected chi connectivity index (χ3v) is 4.10. The standard InChI is InChI=1S/C13H17N3OS/c1-13(2)7-15-12(18-8-13)16-10-5-3-9(4-6-10)11(14)17/h3-6H,7-8H2,1-2H3,(H2,14,17)(H,15,16). The van der Waals surface area contributed by atoms with Crippen molar-refractivity contribution in [2.75, 3.05) is 17.6 Å². The number of nitrogens with zero attached hydrogens (tertiary/aromatic N) is 1. The van der Waals surface area contributed by atoms with Gasteiger partial charge >= 0.3 is 0 Å². The van der Waals surface area contributed by atoms with Crippen LogP contribution in [0, 0.1) is 5.41 Å². The first kappa shape index (κ1) is 13.0. The average molecular weight is 263 g/mol. The van der Waals surface area contributed by atoms with Gasteiger partial charge in [0.1, 0.15) is 0 Å². The monoisotopic (exact) mass is 263 g/mol. The number of hydrogen-bond donors (Lipinski definition) is 2. The van der Waals surface area contributed by atoms with Crippen LogP contribution in [0.3, 0.4) is 0 Å². The highest BCUT2D eigenvalue weighted by Gasteiger charge is 2.23. The fourth-order valence-electron chi connectivity index (χ4n) is 1.56. The molecule has 18 heavy (non-hydrogen) atoms. The highest BCUT2D eigenvalue weighted by molar-refractivity contribution is 8.14. The molecule has 1 aliphatic heterocycles. The number of hydrogen-bond acceptors (Lipinski definition) is 4. The van der Waals surface area contributed by atoms with Crippen LogP contribution in [0.5, 0.6) is 0 Å². The summed E-state index contributed by atoms with van der Waals surface area (Å²) in [4.78, 5) is 15.5. The van der Waals surface area contributed by atoms with Crippen LogP contribution in [-0.2, 0) is 0 Å². The summed E-state index contributed by atoms with van der Waals surface area (Å²) in [6.07, 6.45) is 0. The molecule has 0 aromatic heterocycles. The first-order chi connectivity index (χ1) is 8.46. The normalized spacial score (nSPS) is 18.0. The topological polar surface area (TPSA) is 67.5 Å². The smallest absolute Gasteiger partial charge is 0.248 e.